The van der Waals surface area contributed by atoms with Gasteiger partial charge in [-0.1, -0.05) is 48.0 Å². The maximum Gasteiger partial charge on any atom is 0.410 e. The Kier molecular flexibility index (Phi) is 5.42. The summed E-state index contributed by atoms with van der Waals surface area (Å²) in [5.41, 5.74) is 2.89. The molecule has 0 spiro atoms. The van der Waals surface area contributed by atoms with E-state index < -0.39 is 11.6 Å². The highest BCUT2D eigenvalue weighted by atomic mass is 19.2. The predicted molar refractivity (Wildman–Crippen MR) is 103 cm³/mol. The second kappa shape index (κ2) is 8.13. The minimum Gasteiger partial charge on any atom is -0.445 e. The van der Waals surface area contributed by atoms with Crippen molar-refractivity contribution in [3.8, 4) is 0 Å². The monoisotopic (exact) mass is 383 g/mol. The molecule has 1 saturated heterocycles. The Bertz CT molecular complexity index is 881. The van der Waals surface area contributed by atoms with Gasteiger partial charge >= 0.3 is 6.09 Å². The third kappa shape index (κ3) is 4.08. The number of halogens is 2. The first-order valence-corrected chi connectivity index (χ1v) is 9.72. The SMILES string of the molecule is O=C(OCc1ccccc1)N1C2C=C(Cc3ccc(F)c(F)c3)CC1CCC2. The molecule has 4 rings (SSSR count). The molecule has 0 N–H and O–H groups in total. The lowest BCUT2D eigenvalue weighted by Gasteiger charge is -2.44. The van der Waals surface area contributed by atoms with E-state index in [1.807, 2.05) is 35.2 Å². The average Bonchev–Trinajstić information content (AvgIpc) is 2.69. The van der Waals surface area contributed by atoms with Crippen LogP contribution in [-0.4, -0.2) is 23.1 Å². The number of amides is 1. The standard InChI is InChI=1S/C23H23F2NO2/c24-21-10-9-17(14-22(21)25)11-18-12-19-7-4-8-20(13-18)26(19)23(27)28-15-16-5-2-1-3-6-16/h1-3,5-6,9-10,12,14,19-20H,4,7-8,11,13,15H2. The number of piperidine rings is 1. The summed E-state index contributed by atoms with van der Waals surface area (Å²) in [6.45, 7) is 0.265. The number of benzene rings is 2. The Labute approximate surface area is 163 Å². The zero-order chi connectivity index (χ0) is 19.5. The average molecular weight is 383 g/mol. The van der Waals surface area contributed by atoms with E-state index in [1.54, 1.807) is 6.07 Å². The third-order valence-corrected chi connectivity index (χ3v) is 5.54. The molecule has 0 radical (unpaired) electrons. The van der Waals surface area contributed by atoms with Crippen LogP contribution in [0.4, 0.5) is 13.6 Å². The molecule has 2 aromatic rings. The normalized spacial score (nSPS) is 21.2. The van der Waals surface area contributed by atoms with Gasteiger partial charge in [0.15, 0.2) is 11.6 Å². The zero-order valence-corrected chi connectivity index (χ0v) is 15.6. The summed E-state index contributed by atoms with van der Waals surface area (Å²) < 4.78 is 32.2. The molecule has 146 valence electrons. The van der Waals surface area contributed by atoms with Crippen molar-refractivity contribution in [1.29, 1.82) is 0 Å². The van der Waals surface area contributed by atoms with E-state index in [1.165, 1.54) is 17.7 Å². The van der Waals surface area contributed by atoms with Crippen molar-refractivity contribution in [2.75, 3.05) is 0 Å². The maximum absolute atomic E-state index is 13.5. The van der Waals surface area contributed by atoms with Crippen LogP contribution < -0.4 is 0 Å². The third-order valence-electron chi connectivity index (χ3n) is 5.54. The van der Waals surface area contributed by atoms with Crippen molar-refractivity contribution in [2.24, 2.45) is 0 Å². The number of fused-ring (bicyclic) bond motifs is 2. The lowest BCUT2D eigenvalue weighted by atomic mass is 9.83. The molecule has 0 aromatic heterocycles. The Hall–Kier alpha value is -2.69. The molecule has 2 aliphatic heterocycles. The van der Waals surface area contributed by atoms with E-state index in [4.69, 9.17) is 4.74 Å². The van der Waals surface area contributed by atoms with Gasteiger partial charge in [0.1, 0.15) is 6.61 Å². The first-order valence-electron chi connectivity index (χ1n) is 9.72. The molecular formula is C23H23F2NO2. The largest absolute Gasteiger partial charge is 0.445 e. The quantitative estimate of drug-likeness (QED) is 0.662. The number of hydrogen-bond acceptors (Lipinski definition) is 2. The van der Waals surface area contributed by atoms with Crippen LogP contribution >= 0.6 is 0 Å². The first-order chi connectivity index (χ1) is 13.6. The van der Waals surface area contributed by atoms with Gasteiger partial charge < -0.3 is 4.74 Å². The van der Waals surface area contributed by atoms with Crippen LogP contribution in [-0.2, 0) is 17.8 Å². The van der Waals surface area contributed by atoms with Crippen LogP contribution in [0.15, 0.2) is 60.2 Å². The second-order valence-electron chi connectivity index (χ2n) is 7.55. The van der Waals surface area contributed by atoms with Gasteiger partial charge in [-0.25, -0.2) is 13.6 Å². The Balaban J connectivity index is 1.44. The lowest BCUT2D eigenvalue weighted by Crippen LogP contribution is -2.52. The fourth-order valence-electron chi connectivity index (χ4n) is 4.24. The van der Waals surface area contributed by atoms with E-state index in [0.29, 0.717) is 6.42 Å². The minimum absolute atomic E-state index is 0.0102. The van der Waals surface area contributed by atoms with Crippen LogP contribution in [0.25, 0.3) is 0 Å². The van der Waals surface area contributed by atoms with Gasteiger partial charge in [-0.15, -0.1) is 0 Å². The maximum atomic E-state index is 13.5. The highest BCUT2D eigenvalue weighted by Crippen LogP contribution is 2.35. The van der Waals surface area contributed by atoms with Crippen molar-refractivity contribution in [2.45, 2.75) is 50.8 Å². The van der Waals surface area contributed by atoms with Crippen LogP contribution in [0.5, 0.6) is 0 Å². The smallest absolute Gasteiger partial charge is 0.410 e. The van der Waals surface area contributed by atoms with Gasteiger partial charge in [0.25, 0.3) is 0 Å². The molecule has 2 atom stereocenters. The molecule has 5 heteroatoms. The van der Waals surface area contributed by atoms with Crippen LogP contribution in [0.3, 0.4) is 0 Å². The van der Waals surface area contributed by atoms with E-state index in [-0.39, 0.29) is 24.8 Å². The molecule has 1 fully saturated rings. The fraction of sp³-hybridized carbons (Fsp3) is 0.348. The second-order valence-corrected chi connectivity index (χ2v) is 7.55. The van der Waals surface area contributed by atoms with Crippen molar-refractivity contribution >= 4 is 6.09 Å². The van der Waals surface area contributed by atoms with Gasteiger partial charge in [0.2, 0.25) is 0 Å². The molecule has 1 amide bonds. The lowest BCUT2D eigenvalue weighted by molar-refractivity contribution is 0.0481. The topological polar surface area (TPSA) is 29.5 Å². The van der Waals surface area contributed by atoms with E-state index in [9.17, 15) is 13.6 Å². The molecule has 2 unspecified atom stereocenters. The van der Waals surface area contributed by atoms with Crippen LogP contribution in [0.2, 0.25) is 0 Å². The summed E-state index contributed by atoms with van der Waals surface area (Å²) in [7, 11) is 0. The molecule has 2 bridgehead atoms. The van der Waals surface area contributed by atoms with Gasteiger partial charge in [-0.3, -0.25) is 4.90 Å². The van der Waals surface area contributed by atoms with Crippen molar-refractivity contribution in [3.63, 3.8) is 0 Å². The van der Waals surface area contributed by atoms with Crippen molar-refractivity contribution in [3.05, 3.63) is 82.9 Å². The Morgan fingerprint density at radius 3 is 2.61 bits per heavy atom. The molecule has 2 aliphatic rings. The number of nitrogens with zero attached hydrogens (tertiary/aromatic N) is 1. The summed E-state index contributed by atoms with van der Waals surface area (Å²) in [5, 5.41) is 0. The van der Waals surface area contributed by atoms with Gasteiger partial charge in [0.05, 0.1) is 6.04 Å². The molecule has 2 heterocycles. The van der Waals surface area contributed by atoms with Crippen molar-refractivity contribution in [1.82, 2.24) is 4.90 Å². The van der Waals surface area contributed by atoms with E-state index >= 15 is 0 Å². The van der Waals surface area contributed by atoms with Crippen LogP contribution in [0, 0.1) is 11.6 Å². The molecule has 3 nitrogen and oxygen atoms in total. The molecule has 2 aromatic carbocycles. The Morgan fingerprint density at radius 1 is 1.04 bits per heavy atom. The minimum atomic E-state index is -0.828. The summed E-state index contributed by atoms with van der Waals surface area (Å²) in [4.78, 5) is 14.6. The number of carbonyl (C=O) groups is 1. The van der Waals surface area contributed by atoms with Gasteiger partial charge in [-0.05, 0) is 55.4 Å². The van der Waals surface area contributed by atoms with E-state index in [2.05, 4.69) is 6.08 Å². The summed E-state index contributed by atoms with van der Waals surface area (Å²) in [6, 6.07) is 13.8. The zero-order valence-electron chi connectivity index (χ0n) is 15.6. The summed E-state index contributed by atoms with van der Waals surface area (Å²) in [5.74, 6) is -1.65. The fourth-order valence-corrected chi connectivity index (χ4v) is 4.24. The number of ether oxygens (including phenoxy) is 1. The number of hydrogen-bond donors (Lipinski definition) is 0. The van der Waals surface area contributed by atoms with Gasteiger partial charge in [-0.2, -0.15) is 0 Å². The highest BCUT2D eigenvalue weighted by Gasteiger charge is 2.37. The Morgan fingerprint density at radius 2 is 1.86 bits per heavy atom. The molecule has 0 saturated carbocycles. The number of carbonyl (C=O) groups excluding carboxylic acids is 1. The van der Waals surface area contributed by atoms with Crippen molar-refractivity contribution < 1.29 is 18.3 Å². The number of rotatable bonds is 4. The molecular weight excluding hydrogens is 360 g/mol. The first kappa shape index (κ1) is 18.7. The highest BCUT2D eigenvalue weighted by molar-refractivity contribution is 5.69. The summed E-state index contributed by atoms with van der Waals surface area (Å²) >= 11 is 0. The van der Waals surface area contributed by atoms with Gasteiger partial charge in [0, 0.05) is 6.04 Å². The van der Waals surface area contributed by atoms with E-state index in [0.717, 1.165) is 36.8 Å². The van der Waals surface area contributed by atoms with Crippen LogP contribution in [0.1, 0.15) is 36.8 Å². The molecule has 0 aliphatic carbocycles. The molecule has 28 heavy (non-hydrogen) atoms. The summed E-state index contributed by atoms with van der Waals surface area (Å²) in [6.07, 6.45) is 6.08. The predicted octanol–water partition coefficient (Wildman–Crippen LogP) is 5.40.